The van der Waals surface area contributed by atoms with E-state index in [1.807, 2.05) is 6.07 Å². The van der Waals surface area contributed by atoms with E-state index in [1.165, 1.54) is 7.11 Å². The second-order valence-corrected chi connectivity index (χ2v) is 6.72. The Morgan fingerprint density at radius 3 is 2.19 bits per heavy atom. The van der Waals surface area contributed by atoms with Crippen LogP contribution in [0.15, 0.2) is 54.6 Å². The van der Waals surface area contributed by atoms with Crippen molar-refractivity contribution in [3.8, 4) is 22.6 Å². The monoisotopic (exact) mass is 356 g/mol. The molecule has 0 radical (unpaired) electrons. The number of methoxy groups -OCH3 is 1. The first-order chi connectivity index (χ1) is 12.1. The standard InChI is InChI=1S/C21H24O5/c1-13(2)20(23)26-19(21(3,4)24)17-11-8-15(12-18(17)25-5)14-6-9-16(22)10-7-14/h6-12,19,22,24H,1H2,2-5H3. The van der Waals surface area contributed by atoms with Crippen LogP contribution in [0.1, 0.15) is 32.4 Å². The molecule has 0 aliphatic carbocycles. The van der Waals surface area contributed by atoms with Crippen molar-refractivity contribution in [1.29, 1.82) is 0 Å². The molecule has 0 saturated heterocycles. The number of esters is 1. The molecule has 5 nitrogen and oxygen atoms in total. The maximum Gasteiger partial charge on any atom is 0.333 e. The first-order valence-corrected chi connectivity index (χ1v) is 8.19. The van der Waals surface area contributed by atoms with Crippen molar-refractivity contribution in [1.82, 2.24) is 0 Å². The number of rotatable bonds is 6. The van der Waals surface area contributed by atoms with Crippen LogP contribution in [0.3, 0.4) is 0 Å². The van der Waals surface area contributed by atoms with Crippen LogP contribution in [-0.4, -0.2) is 28.9 Å². The van der Waals surface area contributed by atoms with Gasteiger partial charge in [0.2, 0.25) is 0 Å². The number of benzene rings is 2. The van der Waals surface area contributed by atoms with Gasteiger partial charge in [-0.15, -0.1) is 0 Å². The second kappa shape index (κ2) is 7.62. The molecule has 0 spiro atoms. The summed E-state index contributed by atoms with van der Waals surface area (Å²) < 4.78 is 10.9. The Morgan fingerprint density at radius 2 is 1.69 bits per heavy atom. The van der Waals surface area contributed by atoms with Crippen molar-refractivity contribution in [2.24, 2.45) is 0 Å². The van der Waals surface area contributed by atoms with Crippen LogP contribution < -0.4 is 4.74 Å². The van der Waals surface area contributed by atoms with Gasteiger partial charge in [0.05, 0.1) is 7.11 Å². The zero-order chi connectivity index (χ0) is 19.5. The highest BCUT2D eigenvalue weighted by atomic mass is 16.6. The number of phenols is 1. The number of aliphatic hydroxyl groups is 1. The van der Waals surface area contributed by atoms with E-state index in [2.05, 4.69) is 6.58 Å². The summed E-state index contributed by atoms with van der Waals surface area (Å²) in [7, 11) is 1.52. The normalized spacial score (nSPS) is 12.3. The molecule has 0 aliphatic rings. The third-order valence-corrected chi connectivity index (χ3v) is 3.93. The highest BCUT2D eigenvalue weighted by Crippen LogP contribution is 2.38. The van der Waals surface area contributed by atoms with Gasteiger partial charge in [0.1, 0.15) is 17.1 Å². The van der Waals surface area contributed by atoms with Crippen molar-refractivity contribution in [3.05, 3.63) is 60.2 Å². The molecule has 0 amide bonds. The van der Waals surface area contributed by atoms with Crippen LogP contribution in [0.4, 0.5) is 0 Å². The number of carbonyl (C=O) groups excluding carboxylic acids is 1. The number of aromatic hydroxyl groups is 1. The summed E-state index contributed by atoms with van der Waals surface area (Å²) in [5, 5.41) is 19.9. The number of phenolic OH excluding ortho intramolecular Hbond substituents is 1. The smallest absolute Gasteiger partial charge is 0.333 e. The average molecular weight is 356 g/mol. The van der Waals surface area contributed by atoms with Gasteiger partial charge >= 0.3 is 5.97 Å². The van der Waals surface area contributed by atoms with Crippen LogP contribution in [-0.2, 0) is 9.53 Å². The summed E-state index contributed by atoms with van der Waals surface area (Å²) in [5.41, 5.74) is 1.24. The first-order valence-electron chi connectivity index (χ1n) is 8.19. The predicted octanol–water partition coefficient (Wildman–Crippen LogP) is 4.00. The molecule has 0 aliphatic heterocycles. The van der Waals surface area contributed by atoms with Crippen molar-refractivity contribution < 1.29 is 24.5 Å². The lowest BCUT2D eigenvalue weighted by molar-refractivity contribution is -0.158. The molecule has 2 N–H and O–H groups in total. The fourth-order valence-corrected chi connectivity index (χ4v) is 2.56. The highest BCUT2D eigenvalue weighted by Gasteiger charge is 2.34. The molecule has 1 atom stereocenters. The van der Waals surface area contributed by atoms with Gasteiger partial charge in [-0.3, -0.25) is 0 Å². The van der Waals surface area contributed by atoms with Crippen molar-refractivity contribution in [3.63, 3.8) is 0 Å². The number of hydrogen-bond acceptors (Lipinski definition) is 5. The maximum absolute atomic E-state index is 12.0. The van der Waals surface area contributed by atoms with Crippen molar-refractivity contribution in [2.75, 3.05) is 7.11 Å². The maximum atomic E-state index is 12.0. The Kier molecular flexibility index (Phi) is 5.73. The largest absolute Gasteiger partial charge is 0.508 e. The molecule has 1 unspecified atom stereocenters. The van der Waals surface area contributed by atoms with Gasteiger partial charge in [0.25, 0.3) is 0 Å². The quantitative estimate of drug-likeness (QED) is 0.604. The van der Waals surface area contributed by atoms with Gasteiger partial charge in [-0.25, -0.2) is 4.79 Å². The second-order valence-electron chi connectivity index (χ2n) is 6.72. The van der Waals surface area contributed by atoms with E-state index in [0.717, 1.165) is 11.1 Å². The van der Waals surface area contributed by atoms with Crippen LogP contribution in [0.5, 0.6) is 11.5 Å². The molecule has 0 saturated carbocycles. The summed E-state index contributed by atoms with van der Waals surface area (Å²) in [6.45, 7) is 8.26. The van der Waals surface area contributed by atoms with E-state index in [-0.39, 0.29) is 11.3 Å². The average Bonchev–Trinajstić information content (AvgIpc) is 2.58. The lowest BCUT2D eigenvalue weighted by Gasteiger charge is -2.30. The van der Waals surface area contributed by atoms with E-state index in [1.54, 1.807) is 57.2 Å². The van der Waals surface area contributed by atoms with Crippen molar-refractivity contribution >= 4 is 5.97 Å². The van der Waals surface area contributed by atoms with Gasteiger partial charge in [0, 0.05) is 11.1 Å². The summed E-state index contributed by atoms with van der Waals surface area (Å²) in [4.78, 5) is 12.0. The highest BCUT2D eigenvalue weighted by molar-refractivity contribution is 5.87. The van der Waals surface area contributed by atoms with Gasteiger partial charge in [0.15, 0.2) is 6.10 Å². The number of ether oxygens (including phenoxy) is 2. The van der Waals surface area contributed by atoms with Crippen LogP contribution in [0, 0.1) is 0 Å². The number of carbonyl (C=O) groups is 1. The Hall–Kier alpha value is -2.79. The Balaban J connectivity index is 2.47. The minimum atomic E-state index is -1.32. The van der Waals surface area contributed by atoms with E-state index >= 15 is 0 Å². The number of hydrogen-bond donors (Lipinski definition) is 2. The molecule has 0 bridgehead atoms. The first kappa shape index (κ1) is 19.5. The zero-order valence-corrected chi connectivity index (χ0v) is 15.4. The minimum absolute atomic E-state index is 0.186. The molecule has 2 rings (SSSR count). The fourth-order valence-electron chi connectivity index (χ4n) is 2.56. The summed E-state index contributed by atoms with van der Waals surface area (Å²) in [6, 6.07) is 12.2. The lowest BCUT2D eigenvalue weighted by atomic mass is 9.92. The van der Waals surface area contributed by atoms with Gasteiger partial charge in [-0.1, -0.05) is 30.8 Å². The SMILES string of the molecule is C=C(C)C(=O)OC(c1ccc(-c2ccc(O)cc2)cc1OC)C(C)(C)O. The molecule has 2 aromatic rings. The summed E-state index contributed by atoms with van der Waals surface area (Å²) >= 11 is 0. The molecule has 5 heteroatoms. The van der Waals surface area contributed by atoms with E-state index in [0.29, 0.717) is 11.3 Å². The molecule has 0 heterocycles. The molecule has 138 valence electrons. The van der Waals surface area contributed by atoms with Gasteiger partial charge in [-0.2, -0.15) is 0 Å². The topological polar surface area (TPSA) is 76.0 Å². The zero-order valence-electron chi connectivity index (χ0n) is 15.4. The predicted molar refractivity (Wildman–Crippen MR) is 100 cm³/mol. The lowest BCUT2D eigenvalue weighted by Crippen LogP contribution is -2.33. The van der Waals surface area contributed by atoms with E-state index in [9.17, 15) is 15.0 Å². The molecule has 26 heavy (non-hydrogen) atoms. The van der Waals surface area contributed by atoms with Crippen LogP contribution in [0.2, 0.25) is 0 Å². The molecular weight excluding hydrogens is 332 g/mol. The summed E-state index contributed by atoms with van der Waals surface area (Å²) in [6.07, 6.45) is -0.921. The van der Waals surface area contributed by atoms with E-state index < -0.39 is 17.7 Å². The third kappa shape index (κ3) is 4.43. The Morgan fingerprint density at radius 1 is 1.12 bits per heavy atom. The fraction of sp³-hybridized carbons (Fsp3) is 0.286. The van der Waals surface area contributed by atoms with E-state index in [4.69, 9.17) is 9.47 Å². The molecular formula is C21H24O5. The van der Waals surface area contributed by atoms with Crippen molar-refractivity contribution in [2.45, 2.75) is 32.5 Å². The molecule has 0 fully saturated rings. The Bertz CT molecular complexity index is 800. The van der Waals surface area contributed by atoms with Gasteiger partial charge < -0.3 is 19.7 Å². The van der Waals surface area contributed by atoms with Gasteiger partial charge in [-0.05, 0) is 50.1 Å². The van der Waals surface area contributed by atoms with Crippen LogP contribution >= 0.6 is 0 Å². The minimum Gasteiger partial charge on any atom is -0.508 e. The Labute approximate surface area is 153 Å². The summed E-state index contributed by atoms with van der Waals surface area (Å²) in [5.74, 6) is 0.0881. The molecule has 0 aromatic heterocycles. The molecule has 2 aromatic carbocycles. The third-order valence-electron chi connectivity index (χ3n) is 3.93. The van der Waals surface area contributed by atoms with Crippen LogP contribution in [0.25, 0.3) is 11.1 Å².